The van der Waals surface area contributed by atoms with E-state index in [2.05, 4.69) is 159 Å². The smallest absolute Gasteiger partial charge is 0.311 e. The predicted octanol–water partition coefficient (Wildman–Crippen LogP) is 30.2. The summed E-state index contributed by atoms with van der Waals surface area (Å²) in [7, 11) is 0. The minimum atomic E-state index is -0.405. The fourth-order valence-electron chi connectivity index (χ4n) is 20.4. The molecule has 19 unspecified atom stereocenters. The lowest BCUT2D eigenvalue weighted by Gasteiger charge is -2.39. The van der Waals surface area contributed by atoms with Crippen molar-refractivity contribution in [1.82, 2.24) is 0 Å². The third-order valence-electron chi connectivity index (χ3n) is 33.3. The summed E-state index contributed by atoms with van der Waals surface area (Å²) in [5, 5.41) is 0. The largest absolute Gasteiger partial charge is 0.462 e. The Bertz CT molecular complexity index is 3410. The molecule has 0 N–H and O–H groups in total. The Labute approximate surface area is 811 Å². The van der Waals surface area contributed by atoms with Crippen molar-refractivity contribution in [3.05, 3.63) is 70.8 Å². The van der Waals surface area contributed by atoms with Gasteiger partial charge in [-0.1, -0.05) is 257 Å². The average molecular weight is 1850 g/mol. The molecule has 132 heavy (non-hydrogen) atoms. The monoisotopic (exact) mass is 1850 g/mol. The van der Waals surface area contributed by atoms with Crippen LogP contribution in [0.25, 0.3) is 0 Å². The molecule has 14 rings (SSSR count). The van der Waals surface area contributed by atoms with Gasteiger partial charge in [0.15, 0.2) is 0 Å². The zero-order chi connectivity index (χ0) is 96.9. The second-order valence-electron chi connectivity index (χ2n) is 47.6. The summed E-state index contributed by atoms with van der Waals surface area (Å²) in [6.07, 6.45) is 58.1. The van der Waals surface area contributed by atoms with Crippen molar-refractivity contribution < 1.29 is 66.5 Å². The van der Waals surface area contributed by atoms with Crippen molar-refractivity contribution in [2.75, 3.05) is 33.0 Å². The van der Waals surface area contributed by atoms with E-state index in [4.69, 9.17) is 52.1 Å². The number of ether oxygens (including phenoxy) is 11. The number of carbonyl (C=O) groups excluding carboxylic acids is 3. The second-order valence-corrected chi connectivity index (χ2v) is 47.6. The topological polar surface area (TPSA) is 179 Å². The van der Waals surface area contributed by atoms with E-state index >= 15 is 0 Å². The average Bonchev–Trinajstić information content (AvgIpc) is 1.64. The second kappa shape index (κ2) is 58.1. The van der Waals surface area contributed by atoms with Crippen LogP contribution in [0.15, 0.2) is 48.5 Å². The third-order valence-corrected chi connectivity index (χ3v) is 33.3. The summed E-state index contributed by atoms with van der Waals surface area (Å²) in [5.74, 6) is 10.1. The summed E-state index contributed by atoms with van der Waals surface area (Å²) >= 11 is 0. The number of rotatable bonds is 45. The minimum absolute atomic E-state index is 0.0200. The molecule has 8 saturated heterocycles. The molecule has 2 aromatic carbocycles. The molecule has 14 heteroatoms. The molecule has 4 aliphatic carbocycles. The fourth-order valence-corrected chi connectivity index (χ4v) is 20.4. The van der Waals surface area contributed by atoms with Gasteiger partial charge < -0.3 is 52.1 Å². The number of hydrogen-bond donors (Lipinski definition) is 0. The van der Waals surface area contributed by atoms with Crippen molar-refractivity contribution in [1.29, 1.82) is 0 Å². The van der Waals surface area contributed by atoms with Crippen molar-refractivity contribution in [2.24, 2.45) is 92.2 Å². The predicted molar refractivity (Wildman–Crippen MR) is 547 cm³/mol. The molecule has 8 heterocycles. The van der Waals surface area contributed by atoms with Gasteiger partial charge in [-0.2, -0.15) is 0 Å². The number of esters is 3. The maximum Gasteiger partial charge on any atom is 0.311 e. The summed E-state index contributed by atoms with van der Waals surface area (Å²) in [6.45, 7) is 63.4. The number of hydrogen-bond acceptors (Lipinski definition) is 14. The van der Waals surface area contributed by atoms with E-state index in [9.17, 15) is 14.4 Å². The molecule has 12 aliphatic rings. The molecule has 0 radical (unpaired) electrons. The minimum Gasteiger partial charge on any atom is -0.462 e. The van der Waals surface area contributed by atoms with Crippen molar-refractivity contribution in [3.8, 4) is 0 Å². The van der Waals surface area contributed by atoms with Crippen LogP contribution in [0.2, 0.25) is 0 Å². The van der Waals surface area contributed by atoms with Crippen LogP contribution in [0.5, 0.6) is 0 Å². The van der Waals surface area contributed by atoms with E-state index < -0.39 is 10.8 Å². The Hall–Kier alpha value is -3.47. The highest BCUT2D eigenvalue weighted by molar-refractivity contribution is 5.77. The van der Waals surface area contributed by atoms with E-state index in [-0.39, 0.29) is 41.6 Å². The summed E-state index contributed by atoms with van der Waals surface area (Å²) in [6, 6.07) is 17.1. The number of epoxide rings is 8. The molecular formula is C118H206O14. The number of carbonyl (C=O) groups is 3. The summed E-state index contributed by atoms with van der Waals surface area (Å²) < 4.78 is 59.9. The molecule has 0 bridgehead atoms. The first kappa shape index (κ1) is 116. The Balaban J connectivity index is 0.000000209. The maximum absolute atomic E-state index is 12.2. The first-order valence-corrected chi connectivity index (χ1v) is 55.5. The van der Waals surface area contributed by atoms with Gasteiger partial charge in [0.25, 0.3) is 0 Å². The van der Waals surface area contributed by atoms with Crippen LogP contribution in [0.4, 0.5) is 0 Å². The van der Waals surface area contributed by atoms with E-state index in [1.165, 1.54) is 228 Å². The first-order chi connectivity index (χ1) is 62.7. The highest BCUT2D eigenvalue weighted by Gasteiger charge is 2.43. The molecule has 0 aromatic heterocycles. The maximum atomic E-state index is 12.2. The van der Waals surface area contributed by atoms with Crippen LogP contribution in [-0.4, -0.2) is 136 Å². The van der Waals surface area contributed by atoms with Crippen LogP contribution in [-0.2, 0) is 92.2 Å². The molecule has 762 valence electrons. The Morgan fingerprint density at radius 3 is 0.939 bits per heavy atom. The van der Waals surface area contributed by atoms with E-state index in [1.54, 1.807) is 0 Å². The van der Waals surface area contributed by atoms with Crippen molar-refractivity contribution in [2.45, 2.75) is 536 Å². The number of benzene rings is 2. The van der Waals surface area contributed by atoms with Gasteiger partial charge in [-0.05, 0) is 315 Å². The van der Waals surface area contributed by atoms with Gasteiger partial charge in [0.2, 0.25) is 0 Å². The van der Waals surface area contributed by atoms with Crippen molar-refractivity contribution >= 4 is 17.9 Å². The van der Waals surface area contributed by atoms with Crippen LogP contribution in [0, 0.1) is 92.2 Å². The summed E-state index contributed by atoms with van der Waals surface area (Å²) in [5.41, 5.74) is 4.83. The van der Waals surface area contributed by atoms with Gasteiger partial charge in [0, 0.05) is 25.7 Å². The van der Waals surface area contributed by atoms with Crippen LogP contribution >= 0.6 is 0 Å². The molecule has 4 saturated carbocycles. The highest BCUT2D eigenvalue weighted by atomic mass is 16.6. The first-order valence-electron chi connectivity index (χ1n) is 55.5. The van der Waals surface area contributed by atoms with Gasteiger partial charge in [-0.3, -0.25) is 14.4 Å². The van der Waals surface area contributed by atoms with E-state index in [0.717, 1.165) is 156 Å². The van der Waals surface area contributed by atoms with Crippen molar-refractivity contribution in [3.63, 3.8) is 0 Å². The third kappa shape index (κ3) is 46.7. The molecule has 0 spiro atoms. The molecule has 8 aliphatic heterocycles. The molecular weight excluding hydrogens is 1640 g/mol. The lowest BCUT2D eigenvalue weighted by molar-refractivity contribution is -0.161. The lowest BCUT2D eigenvalue weighted by Crippen LogP contribution is -2.33. The van der Waals surface area contributed by atoms with Gasteiger partial charge >= 0.3 is 17.9 Å². The van der Waals surface area contributed by atoms with Crippen LogP contribution in [0.1, 0.15) is 447 Å². The van der Waals surface area contributed by atoms with E-state index in [1.807, 2.05) is 76.2 Å². The van der Waals surface area contributed by atoms with Crippen LogP contribution in [0.3, 0.4) is 0 Å². The molecule has 19 atom stereocenters. The molecule has 12 fully saturated rings. The van der Waals surface area contributed by atoms with Gasteiger partial charge in [0.05, 0.1) is 123 Å². The molecule has 2 aromatic rings. The van der Waals surface area contributed by atoms with Gasteiger partial charge in [0.1, 0.15) is 12.2 Å². The fraction of sp³-hybridized carbons (Fsp3) is 0.873. The zero-order valence-electron chi connectivity index (χ0n) is 90.3. The Morgan fingerprint density at radius 1 is 0.318 bits per heavy atom. The normalized spacial score (nSPS) is 31.0. The standard InChI is InChI=1S/C20H30O3.C19H34O3.C18H26O3.C16H30O.C15H28O.C14H26O.C9H18O.C7H14O/c1-6-17-18(23-17)13-16-10-8-15(9-11-16)12-14(3)22-19(21)20(4,5)7-2;1-6-18(3,4)17(20)22-14(2)12-19(5)9-7-15(8-10-19)11-16-13-21-16;1-5-18(3,4)17(19)21-13(2)10-14-6-8-15(9-7-14)11-16-12-20-16;1-4-12(3)10-13-6-8-14(9-7-13)11-16-15(5-2)17-16;1-4-12(2)10-15(3)7-5-13(6-8-15)9-14-11-16-14;1-3-11(2)8-12-4-6-13(7-5-12)9-14-10-15-14;1-4-7(3)6-9-8(5-2)10-9;1-3-6(2)4-7-5-8-7/h8-11,14,17-18H,6-7,12-13H2,1-5H3;14-16H,6-13H2,1-5H3;6-9,13,16H,5,10-12H2,1-4H3;12-16H,4-11H2,1-3H3;12-14H,4-11H2,1-3H3;11-14H,3-10H2,1-2H3;7-9H,4-6H2,1-3H3;6-7H,3-5H2,1-2H3. The summed E-state index contributed by atoms with van der Waals surface area (Å²) in [4.78, 5) is 36.3. The Kier molecular flexibility index (Phi) is 50.8. The Morgan fingerprint density at radius 2 is 0.606 bits per heavy atom. The SMILES string of the molecule is CCC(C)(C)C(=O)OC(C)CC1(C)CCC(CC2CO2)CC1.CCC(C)(C)C(=O)OC(C)Cc1ccc(CC2CO2)cc1.CCC(C)CC1(C)CCC(CC2CO2)CC1.CCC(C)CC1CCC(CC2CO2)CC1.CCC(C)CC1CCC(CC2OC2CC)CC1.CCC(C)CC1CO1.CCC(C)CC1OC1CC.CCC1OC1Cc1ccc(CC(C)OC(=O)C(C)(C)CC)cc1. The van der Waals surface area contributed by atoms with Gasteiger partial charge in [-0.15, -0.1) is 0 Å². The van der Waals surface area contributed by atoms with E-state index in [0.29, 0.717) is 78.0 Å². The molecule has 0 amide bonds. The molecule has 14 nitrogen and oxygen atoms in total. The zero-order valence-corrected chi connectivity index (χ0v) is 90.3. The lowest BCUT2D eigenvalue weighted by atomic mass is 9.67. The van der Waals surface area contributed by atoms with Gasteiger partial charge in [-0.25, -0.2) is 0 Å². The highest BCUT2D eigenvalue weighted by Crippen LogP contribution is 2.48. The quantitative estimate of drug-likeness (QED) is 0.0347. The van der Waals surface area contributed by atoms with Crippen LogP contribution < -0.4 is 0 Å².